The van der Waals surface area contributed by atoms with Gasteiger partial charge in [-0.15, -0.1) is 0 Å². The first-order valence-electron chi connectivity index (χ1n) is 7.56. The molecule has 1 N–H and O–H groups in total. The minimum Gasteiger partial charge on any atom is -0.481 e. The van der Waals surface area contributed by atoms with E-state index < -0.39 is 5.97 Å². The van der Waals surface area contributed by atoms with Crippen molar-refractivity contribution < 1.29 is 23.1 Å². The van der Waals surface area contributed by atoms with Gasteiger partial charge in [-0.1, -0.05) is 12.1 Å². The number of benzene rings is 2. The predicted octanol–water partition coefficient (Wildman–Crippen LogP) is 4.73. The number of carboxylic acids is 1. The molecule has 5 nitrogen and oxygen atoms in total. The van der Waals surface area contributed by atoms with Crippen molar-refractivity contribution >= 4 is 39.7 Å². The number of carbonyl (C=O) groups is 1. The van der Waals surface area contributed by atoms with E-state index >= 15 is 0 Å². The molecule has 2 aromatic carbocycles. The van der Waals surface area contributed by atoms with Gasteiger partial charge in [0.05, 0.1) is 6.42 Å². The number of furan rings is 1. The third-order valence-electron chi connectivity index (χ3n) is 3.72. The minimum atomic E-state index is -1.02. The number of hydrogen-bond donors (Lipinski definition) is 1. The van der Waals surface area contributed by atoms with E-state index in [0.717, 1.165) is 0 Å². The molecule has 0 amide bonds. The van der Waals surface area contributed by atoms with Crippen molar-refractivity contribution in [1.82, 2.24) is 4.98 Å². The summed E-state index contributed by atoms with van der Waals surface area (Å²) in [7, 11) is 0. The largest absolute Gasteiger partial charge is 0.481 e. The number of oxazole rings is 1. The van der Waals surface area contributed by atoms with Crippen LogP contribution in [0.3, 0.4) is 0 Å². The first kappa shape index (κ1) is 15.1. The normalized spacial score (nSPS) is 12.1. The lowest BCUT2D eigenvalue weighted by molar-refractivity contribution is -0.135. The molecule has 0 aliphatic carbocycles. The van der Waals surface area contributed by atoms with Gasteiger partial charge < -0.3 is 13.9 Å². The monoisotopic (exact) mass is 337 g/mol. The van der Waals surface area contributed by atoms with Crippen molar-refractivity contribution in [1.29, 1.82) is 0 Å². The van der Waals surface area contributed by atoms with Gasteiger partial charge in [0.1, 0.15) is 22.7 Å². The molecule has 4 rings (SSSR count). The Hall–Kier alpha value is -3.41. The van der Waals surface area contributed by atoms with Crippen molar-refractivity contribution in [3.8, 4) is 0 Å². The summed E-state index contributed by atoms with van der Waals surface area (Å²) in [5, 5.41) is 9.78. The zero-order chi connectivity index (χ0) is 17.4. The Bertz CT molecular complexity index is 1090. The number of aromatic nitrogens is 1. The van der Waals surface area contributed by atoms with Crippen molar-refractivity contribution in [2.24, 2.45) is 0 Å². The van der Waals surface area contributed by atoms with Crippen LogP contribution in [0.1, 0.15) is 18.1 Å². The lowest BCUT2D eigenvalue weighted by Crippen LogP contribution is -1.97. The van der Waals surface area contributed by atoms with Gasteiger partial charge in [0, 0.05) is 11.0 Å². The lowest BCUT2D eigenvalue weighted by atomic mass is 10.1. The quantitative estimate of drug-likeness (QED) is 0.582. The number of rotatable bonds is 4. The van der Waals surface area contributed by atoms with Crippen LogP contribution in [0.15, 0.2) is 57.4 Å². The Balaban J connectivity index is 1.81. The standard InChI is InChI=1S/C19H12FNO4/c20-13-5-6-16-11(7-13)8-14(24-16)9-12(10-18(22)23)19-21-15-3-1-2-4-17(15)25-19/h1-9H,10H2,(H,22,23)/b12-9-. The van der Waals surface area contributed by atoms with E-state index in [-0.39, 0.29) is 18.1 Å². The number of aliphatic carboxylic acids is 1. The van der Waals surface area contributed by atoms with Crippen LogP contribution in [0.5, 0.6) is 0 Å². The summed E-state index contributed by atoms with van der Waals surface area (Å²) in [6, 6.07) is 13.0. The zero-order valence-electron chi connectivity index (χ0n) is 12.9. The maximum Gasteiger partial charge on any atom is 0.308 e. The molecule has 2 heterocycles. The third-order valence-corrected chi connectivity index (χ3v) is 3.72. The summed E-state index contributed by atoms with van der Waals surface area (Å²) in [6.45, 7) is 0. The molecular formula is C19H12FNO4. The second kappa shape index (κ2) is 5.90. The molecule has 0 bridgehead atoms. The van der Waals surface area contributed by atoms with Crippen LogP contribution in [0, 0.1) is 5.82 Å². The molecule has 124 valence electrons. The number of para-hydroxylation sites is 2. The summed E-state index contributed by atoms with van der Waals surface area (Å²) in [5.41, 5.74) is 2.09. The van der Waals surface area contributed by atoms with Crippen LogP contribution >= 0.6 is 0 Å². The van der Waals surface area contributed by atoms with E-state index in [0.29, 0.717) is 33.4 Å². The number of halogens is 1. The van der Waals surface area contributed by atoms with Crippen molar-refractivity contribution in [3.63, 3.8) is 0 Å². The average Bonchev–Trinajstić information content (AvgIpc) is 3.16. The fourth-order valence-electron chi connectivity index (χ4n) is 2.64. The van der Waals surface area contributed by atoms with Gasteiger partial charge in [0.15, 0.2) is 5.58 Å². The molecule has 0 radical (unpaired) electrons. The smallest absolute Gasteiger partial charge is 0.308 e. The van der Waals surface area contributed by atoms with Crippen LogP contribution in [0.2, 0.25) is 0 Å². The average molecular weight is 337 g/mol. The van der Waals surface area contributed by atoms with Crippen molar-refractivity contribution in [2.45, 2.75) is 6.42 Å². The van der Waals surface area contributed by atoms with Crippen molar-refractivity contribution in [2.75, 3.05) is 0 Å². The molecule has 0 saturated heterocycles. The molecule has 0 spiro atoms. The highest BCUT2D eigenvalue weighted by Crippen LogP contribution is 2.28. The number of nitrogens with zero attached hydrogens (tertiary/aromatic N) is 1. The Kier molecular flexibility index (Phi) is 3.57. The summed E-state index contributed by atoms with van der Waals surface area (Å²) >= 11 is 0. The number of fused-ring (bicyclic) bond motifs is 2. The Morgan fingerprint density at radius 1 is 1.12 bits per heavy atom. The predicted molar refractivity (Wildman–Crippen MR) is 90.3 cm³/mol. The first-order chi connectivity index (χ1) is 12.1. The maximum absolute atomic E-state index is 13.3. The van der Waals surface area contributed by atoms with Crippen LogP contribution in [0.4, 0.5) is 4.39 Å². The fourth-order valence-corrected chi connectivity index (χ4v) is 2.64. The van der Waals surface area contributed by atoms with Crippen LogP contribution in [0.25, 0.3) is 33.7 Å². The fraction of sp³-hybridized carbons (Fsp3) is 0.0526. The summed E-state index contributed by atoms with van der Waals surface area (Å²) in [5.74, 6) is -0.765. The van der Waals surface area contributed by atoms with Crippen LogP contribution in [-0.2, 0) is 4.79 Å². The highest BCUT2D eigenvalue weighted by molar-refractivity contribution is 5.91. The lowest BCUT2D eigenvalue weighted by Gasteiger charge is -1.98. The van der Waals surface area contributed by atoms with E-state index in [1.807, 2.05) is 12.1 Å². The maximum atomic E-state index is 13.3. The molecule has 0 unspecified atom stereocenters. The first-order valence-corrected chi connectivity index (χ1v) is 7.56. The topological polar surface area (TPSA) is 76.5 Å². The van der Waals surface area contributed by atoms with E-state index in [4.69, 9.17) is 8.83 Å². The van der Waals surface area contributed by atoms with Crippen LogP contribution < -0.4 is 0 Å². The number of hydrogen-bond acceptors (Lipinski definition) is 4. The zero-order valence-corrected chi connectivity index (χ0v) is 12.9. The van der Waals surface area contributed by atoms with Gasteiger partial charge in [-0.2, -0.15) is 0 Å². The molecular weight excluding hydrogens is 325 g/mol. The van der Waals surface area contributed by atoms with Gasteiger partial charge in [-0.05, 0) is 42.5 Å². The van der Waals surface area contributed by atoms with Gasteiger partial charge >= 0.3 is 5.97 Å². The van der Waals surface area contributed by atoms with E-state index in [9.17, 15) is 14.3 Å². The van der Waals surface area contributed by atoms with E-state index in [1.165, 1.54) is 18.2 Å². The Labute approximate surface area is 141 Å². The van der Waals surface area contributed by atoms with Crippen LogP contribution in [-0.4, -0.2) is 16.1 Å². The molecule has 0 aliphatic rings. The molecule has 2 aromatic heterocycles. The second-order valence-corrected chi connectivity index (χ2v) is 5.56. The number of carboxylic acid groups (broad SMARTS) is 1. The van der Waals surface area contributed by atoms with Crippen molar-refractivity contribution in [3.05, 3.63) is 66.0 Å². The highest BCUT2D eigenvalue weighted by atomic mass is 19.1. The van der Waals surface area contributed by atoms with Gasteiger partial charge in [-0.3, -0.25) is 4.79 Å². The molecule has 0 atom stereocenters. The SMILES string of the molecule is O=C(O)C/C(=C/c1cc2cc(F)ccc2o1)c1nc2ccccc2o1. The summed E-state index contributed by atoms with van der Waals surface area (Å²) in [4.78, 5) is 15.5. The second-order valence-electron chi connectivity index (χ2n) is 5.56. The minimum absolute atomic E-state index is 0.218. The van der Waals surface area contributed by atoms with E-state index in [1.54, 1.807) is 24.3 Å². The molecule has 4 aromatic rings. The summed E-state index contributed by atoms with van der Waals surface area (Å²) < 4.78 is 24.6. The third kappa shape index (κ3) is 3.01. The van der Waals surface area contributed by atoms with Gasteiger partial charge in [-0.25, -0.2) is 9.37 Å². The molecule has 6 heteroatoms. The highest BCUT2D eigenvalue weighted by Gasteiger charge is 2.15. The van der Waals surface area contributed by atoms with Gasteiger partial charge in [0.25, 0.3) is 0 Å². The molecule has 0 saturated carbocycles. The molecule has 25 heavy (non-hydrogen) atoms. The molecule has 0 fully saturated rings. The Morgan fingerprint density at radius 2 is 1.96 bits per heavy atom. The van der Waals surface area contributed by atoms with E-state index in [2.05, 4.69) is 4.98 Å². The summed E-state index contributed by atoms with van der Waals surface area (Å²) in [6.07, 6.45) is 1.27. The van der Waals surface area contributed by atoms with Gasteiger partial charge in [0.2, 0.25) is 5.89 Å². The molecule has 0 aliphatic heterocycles. The Morgan fingerprint density at radius 3 is 2.76 bits per heavy atom.